The van der Waals surface area contributed by atoms with Gasteiger partial charge < -0.3 is 14.9 Å². The average Bonchev–Trinajstić information content (AvgIpc) is 3.44. The Balaban J connectivity index is 1.48. The molecule has 0 atom stereocenters. The number of aromatic nitrogens is 2. The van der Waals surface area contributed by atoms with Crippen molar-refractivity contribution in [3.05, 3.63) is 65.5 Å². The molecule has 1 saturated heterocycles. The fourth-order valence-electron chi connectivity index (χ4n) is 4.88. The Kier molecular flexibility index (Phi) is 7.03. The summed E-state index contributed by atoms with van der Waals surface area (Å²) in [5.74, 6) is 0.118. The minimum Gasteiger partial charge on any atom is -0.346 e. The van der Waals surface area contributed by atoms with E-state index in [4.69, 9.17) is 5.26 Å². The molecule has 6 nitrogen and oxygen atoms in total. The molecule has 0 radical (unpaired) electrons. The Hall–Kier alpha value is -3.51. The SMILES string of the molecule is C=CC(=O)Nc1ccc(CCC(F)(F)F)n1C1CCN(Cc2ccc3[nH]c(C#N)cc3c2C)CC1. The Bertz CT molecular complexity index is 1270. The summed E-state index contributed by atoms with van der Waals surface area (Å²) in [6.45, 7) is 7.84. The van der Waals surface area contributed by atoms with Crippen LogP contribution in [0.15, 0.2) is 43.0 Å². The van der Waals surface area contributed by atoms with Crippen LogP contribution in [0.2, 0.25) is 0 Å². The lowest BCUT2D eigenvalue weighted by atomic mass is 10.0. The third-order valence-electron chi connectivity index (χ3n) is 6.73. The molecule has 35 heavy (non-hydrogen) atoms. The van der Waals surface area contributed by atoms with Crippen LogP contribution in [0.25, 0.3) is 10.9 Å². The smallest absolute Gasteiger partial charge is 0.346 e. The van der Waals surface area contributed by atoms with E-state index in [1.807, 2.05) is 16.7 Å². The number of carbonyl (C=O) groups is 1. The van der Waals surface area contributed by atoms with E-state index in [2.05, 4.69) is 40.8 Å². The number of carbonyl (C=O) groups excluding carboxylic acids is 1. The largest absolute Gasteiger partial charge is 0.389 e. The van der Waals surface area contributed by atoms with Crippen LogP contribution in [-0.2, 0) is 17.8 Å². The van der Waals surface area contributed by atoms with Gasteiger partial charge in [-0.2, -0.15) is 18.4 Å². The van der Waals surface area contributed by atoms with Crippen LogP contribution in [0, 0.1) is 18.3 Å². The molecule has 3 heterocycles. The summed E-state index contributed by atoms with van der Waals surface area (Å²) < 4.78 is 40.5. The number of halogens is 3. The maximum atomic E-state index is 12.9. The molecule has 2 aromatic heterocycles. The fraction of sp³-hybridized carbons (Fsp3) is 0.385. The topological polar surface area (TPSA) is 76.8 Å². The van der Waals surface area contributed by atoms with Crippen molar-refractivity contribution in [3.8, 4) is 6.07 Å². The number of likely N-dealkylation sites (tertiary alicyclic amines) is 1. The summed E-state index contributed by atoms with van der Waals surface area (Å²) in [6.07, 6.45) is -2.61. The zero-order chi connectivity index (χ0) is 25.2. The highest BCUT2D eigenvalue weighted by Gasteiger charge is 2.29. The quantitative estimate of drug-likeness (QED) is 0.429. The molecule has 0 bridgehead atoms. The molecule has 1 aromatic carbocycles. The third-order valence-corrected chi connectivity index (χ3v) is 6.73. The van der Waals surface area contributed by atoms with Crippen molar-refractivity contribution in [1.29, 1.82) is 5.26 Å². The number of piperidine rings is 1. The van der Waals surface area contributed by atoms with Gasteiger partial charge in [-0.05, 0) is 67.7 Å². The molecule has 0 spiro atoms. The maximum absolute atomic E-state index is 12.9. The van der Waals surface area contributed by atoms with Crippen LogP contribution in [0.4, 0.5) is 19.0 Å². The number of hydrogen-bond acceptors (Lipinski definition) is 3. The second-order valence-electron chi connectivity index (χ2n) is 9.00. The normalized spacial score (nSPS) is 15.3. The summed E-state index contributed by atoms with van der Waals surface area (Å²) in [7, 11) is 0. The molecule has 9 heteroatoms. The molecule has 0 unspecified atom stereocenters. The first-order valence-electron chi connectivity index (χ1n) is 11.6. The van der Waals surface area contributed by atoms with E-state index in [9.17, 15) is 18.0 Å². The second-order valence-corrected chi connectivity index (χ2v) is 9.00. The Labute approximate surface area is 202 Å². The molecule has 1 aliphatic rings. The number of nitrogens with one attached hydrogen (secondary N) is 2. The number of aromatic amines is 1. The van der Waals surface area contributed by atoms with Crippen LogP contribution in [0.5, 0.6) is 0 Å². The van der Waals surface area contributed by atoms with E-state index in [1.165, 1.54) is 5.56 Å². The summed E-state index contributed by atoms with van der Waals surface area (Å²) in [5.41, 5.74) is 4.37. The molecular weight excluding hydrogens is 455 g/mol. The van der Waals surface area contributed by atoms with Gasteiger partial charge in [0, 0.05) is 48.7 Å². The van der Waals surface area contributed by atoms with Gasteiger partial charge in [-0.15, -0.1) is 0 Å². The number of aryl methyl sites for hydroxylation is 2. The lowest BCUT2D eigenvalue weighted by molar-refractivity contribution is -0.134. The van der Waals surface area contributed by atoms with E-state index in [1.54, 1.807) is 12.1 Å². The van der Waals surface area contributed by atoms with Gasteiger partial charge in [0.25, 0.3) is 0 Å². The van der Waals surface area contributed by atoms with Crippen LogP contribution in [-0.4, -0.2) is 39.6 Å². The number of anilines is 1. The van der Waals surface area contributed by atoms with E-state index in [0.29, 0.717) is 17.2 Å². The number of hydrogen-bond donors (Lipinski definition) is 2. The number of H-pyrrole nitrogens is 1. The Morgan fingerprint density at radius 3 is 2.69 bits per heavy atom. The number of rotatable bonds is 7. The summed E-state index contributed by atoms with van der Waals surface area (Å²) in [5, 5.41) is 12.9. The van der Waals surface area contributed by atoms with Crippen LogP contribution >= 0.6 is 0 Å². The standard InChI is InChI=1S/C26H28F3N5O/c1-3-25(35)32-24-7-5-20(8-11-26(27,28)29)34(24)21-9-12-33(13-10-21)16-18-4-6-23-22(17(18)2)14-19(15-30)31-23/h3-7,14,21,31H,1,8-13,16H2,2H3,(H,32,35). The van der Waals surface area contributed by atoms with Crippen molar-refractivity contribution in [2.75, 3.05) is 18.4 Å². The number of amides is 1. The first-order chi connectivity index (χ1) is 16.7. The minimum atomic E-state index is -4.24. The average molecular weight is 484 g/mol. The highest BCUT2D eigenvalue weighted by molar-refractivity contribution is 5.98. The minimum absolute atomic E-state index is 0.00367. The first-order valence-corrected chi connectivity index (χ1v) is 11.6. The molecule has 1 fully saturated rings. The van der Waals surface area contributed by atoms with Crippen molar-refractivity contribution >= 4 is 22.6 Å². The zero-order valence-corrected chi connectivity index (χ0v) is 19.6. The van der Waals surface area contributed by atoms with Crippen molar-refractivity contribution in [1.82, 2.24) is 14.5 Å². The van der Waals surface area contributed by atoms with Gasteiger partial charge >= 0.3 is 6.18 Å². The number of nitrogens with zero attached hydrogens (tertiary/aromatic N) is 3. The predicted octanol–water partition coefficient (Wildman–Crippen LogP) is 5.61. The molecule has 3 aromatic rings. The third kappa shape index (κ3) is 5.60. The Morgan fingerprint density at radius 1 is 1.29 bits per heavy atom. The van der Waals surface area contributed by atoms with E-state index < -0.39 is 12.6 Å². The number of alkyl halides is 3. The summed E-state index contributed by atoms with van der Waals surface area (Å²) in [4.78, 5) is 17.3. The lowest BCUT2D eigenvalue weighted by Gasteiger charge is -2.35. The second kappa shape index (κ2) is 10.0. The molecular formula is C26H28F3N5O. The lowest BCUT2D eigenvalue weighted by Crippen LogP contribution is -2.35. The first kappa shape index (κ1) is 24.6. The summed E-state index contributed by atoms with van der Waals surface area (Å²) in [6, 6.07) is 11.4. The molecule has 2 N–H and O–H groups in total. The molecule has 0 aliphatic carbocycles. The molecule has 184 valence electrons. The van der Waals surface area contributed by atoms with Gasteiger partial charge in [0.15, 0.2) is 0 Å². The van der Waals surface area contributed by atoms with Crippen LogP contribution < -0.4 is 5.32 Å². The van der Waals surface area contributed by atoms with Gasteiger partial charge in [-0.3, -0.25) is 9.69 Å². The van der Waals surface area contributed by atoms with Gasteiger partial charge in [0.2, 0.25) is 5.91 Å². The molecule has 1 aliphatic heterocycles. The monoisotopic (exact) mass is 483 g/mol. The van der Waals surface area contributed by atoms with Gasteiger partial charge in [-0.1, -0.05) is 12.6 Å². The van der Waals surface area contributed by atoms with Crippen molar-refractivity contribution in [2.45, 2.75) is 51.4 Å². The van der Waals surface area contributed by atoms with Gasteiger partial charge in [0.1, 0.15) is 17.6 Å². The van der Waals surface area contributed by atoms with Gasteiger partial charge in [-0.25, -0.2) is 0 Å². The van der Waals surface area contributed by atoms with Crippen molar-refractivity contribution < 1.29 is 18.0 Å². The van der Waals surface area contributed by atoms with E-state index in [-0.39, 0.29) is 18.4 Å². The molecule has 1 amide bonds. The van der Waals surface area contributed by atoms with Crippen LogP contribution in [0.3, 0.4) is 0 Å². The zero-order valence-electron chi connectivity index (χ0n) is 19.6. The van der Waals surface area contributed by atoms with Gasteiger partial charge in [0.05, 0.1) is 0 Å². The van der Waals surface area contributed by atoms with Crippen molar-refractivity contribution in [2.24, 2.45) is 0 Å². The Morgan fingerprint density at radius 2 is 2.03 bits per heavy atom. The fourth-order valence-corrected chi connectivity index (χ4v) is 4.88. The molecule has 0 saturated carbocycles. The van der Waals surface area contributed by atoms with E-state index in [0.717, 1.165) is 55.0 Å². The predicted molar refractivity (Wildman–Crippen MR) is 129 cm³/mol. The van der Waals surface area contributed by atoms with E-state index >= 15 is 0 Å². The summed E-state index contributed by atoms with van der Waals surface area (Å²) >= 11 is 0. The number of nitriles is 1. The number of benzene rings is 1. The highest BCUT2D eigenvalue weighted by atomic mass is 19.4. The number of fused-ring (bicyclic) bond motifs is 1. The molecule has 4 rings (SSSR count). The van der Waals surface area contributed by atoms with Crippen LogP contribution in [0.1, 0.15) is 47.8 Å². The van der Waals surface area contributed by atoms with Crippen molar-refractivity contribution in [3.63, 3.8) is 0 Å². The highest BCUT2D eigenvalue weighted by Crippen LogP contribution is 2.33. The maximum Gasteiger partial charge on any atom is 0.389 e.